The first-order valence-corrected chi connectivity index (χ1v) is 6.00. The Kier molecular flexibility index (Phi) is 4.32. The molecule has 0 radical (unpaired) electrons. The minimum Gasteiger partial charge on any atom is -0.204 e. The van der Waals surface area contributed by atoms with E-state index in [0.717, 1.165) is 0 Å². The van der Waals surface area contributed by atoms with Crippen LogP contribution in [0.3, 0.4) is 0 Å². The van der Waals surface area contributed by atoms with Crippen LogP contribution < -0.4 is 0 Å². The summed E-state index contributed by atoms with van der Waals surface area (Å²) in [6, 6.07) is 0.0243. The predicted molar refractivity (Wildman–Crippen MR) is 56.6 cm³/mol. The van der Waals surface area contributed by atoms with Gasteiger partial charge < -0.3 is 0 Å². The van der Waals surface area contributed by atoms with Crippen molar-refractivity contribution in [3.05, 3.63) is 58.4 Å². The zero-order valence-electron chi connectivity index (χ0n) is 9.89. The SMILES string of the molecule is Fc1cc(Sc2c(F)c(F)c(F)c(F)c2F)c(F)c(F)c1F. The van der Waals surface area contributed by atoms with E-state index in [1.807, 2.05) is 0 Å². The molecule has 2 aromatic rings. The predicted octanol–water partition coefficient (Wildman–Crippen LogP) is 5.09. The molecule has 0 atom stereocenters. The molecule has 0 nitrogen and oxygen atoms in total. The van der Waals surface area contributed by atoms with Crippen LogP contribution in [0.2, 0.25) is 0 Å². The van der Waals surface area contributed by atoms with E-state index in [9.17, 15) is 39.5 Å². The molecule has 0 spiro atoms. The van der Waals surface area contributed by atoms with Gasteiger partial charge in [0.2, 0.25) is 5.82 Å². The Morgan fingerprint density at radius 3 is 1.41 bits per heavy atom. The summed E-state index contributed by atoms with van der Waals surface area (Å²) in [6.07, 6.45) is 0. The maximum atomic E-state index is 13.4. The van der Waals surface area contributed by atoms with Crippen molar-refractivity contribution in [2.75, 3.05) is 0 Å². The summed E-state index contributed by atoms with van der Waals surface area (Å²) in [5, 5.41) is 0. The number of halogens is 9. The summed E-state index contributed by atoms with van der Waals surface area (Å²) >= 11 is -0.477. The Morgan fingerprint density at radius 2 is 0.909 bits per heavy atom. The summed E-state index contributed by atoms with van der Waals surface area (Å²) in [5.74, 6) is -20.1. The van der Waals surface area contributed by atoms with Gasteiger partial charge in [0.05, 0.1) is 9.79 Å². The maximum absolute atomic E-state index is 13.4. The highest BCUT2D eigenvalue weighted by atomic mass is 32.2. The molecule has 2 rings (SSSR count). The van der Waals surface area contributed by atoms with Crippen molar-refractivity contribution in [1.29, 1.82) is 0 Å². The van der Waals surface area contributed by atoms with Gasteiger partial charge in [-0.2, -0.15) is 0 Å². The van der Waals surface area contributed by atoms with Gasteiger partial charge in [-0.25, -0.2) is 39.5 Å². The van der Waals surface area contributed by atoms with Crippen LogP contribution >= 0.6 is 11.8 Å². The van der Waals surface area contributed by atoms with E-state index >= 15 is 0 Å². The minimum atomic E-state index is -2.45. The quantitative estimate of drug-likeness (QED) is 0.414. The normalized spacial score (nSPS) is 11.1. The van der Waals surface area contributed by atoms with Gasteiger partial charge in [-0.3, -0.25) is 0 Å². The highest BCUT2D eigenvalue weighted by Crippen LogP contribution is 2.38. The molecule has 0 saturated heterocycles. The van der Waals surface area contributed by atoms with Crippen LogP contribution in [0.4, 0.5) is 39.5 Å². The lowest BCUT2D eigenvalue weighted by Gasteiger charge is -2.09. The molecular formula is C12HF9S. The van der Waals surface area contributed by atoms with Crippen molar-refractivity contribution in [1.82, 2.24) is 0 Å². The molecule has 0 N–H and O–H groups in total. The standard InChI is InChI=1S/C12HF9S/c13-2-1-3(5(15)6(16)4(2)14)22-12-10(20)8(18)7(17)9(19)11(12)21/h1H. The number of rotatable bonds is 2. The summed E-state index contributed by atoms with van der Waals surface area (Å²) in [4.78, 5) is -2.78. The van der Waals surface area contributed by atoms with Gasteiger partial charge in [-0.15, -0.1) is 0 Å². The third-order valence-corrected chi connectivity index (χ3v) is 3.53. The van der Waals surface area contributed by atoms with E-state index in [1.54, 1.807) is 0 Å². The highest BCUT2D eigenvalue weighted by molar-refractivity contribution is 7.99. The van der Waals surface area contributed by atoms with E-state index < -0.39 is 73.9 Å². The van der Waals surface area contributed by atoms with Gasteiger partial charge in [0.15, 0.2) is 46.5 Å². The first-order valence-electron chi connectivity index (χ1n) is 5.19. The van der Waals surface area contributed by atoms with Crippen LogP contribution in [0, 0.1) is 52.4 Å². The molecule has 10 heteroatoms. The van der Waals surface area contributed by atoms with Crippen molar-refractivity contribution in [3.8, 4) is 0 Å². The Hall–Kier alpha value is -1.84. The largest absolute Gasteiger partial charge is 0.204 e. The van der Waals surface area contributed by atoms with Gasteiger partial charge in [-0.05, 0) is 6.07 Å². The number of hydrogen-bond donors (Lipinski definition) is 0. The van der Waals surface area contributed by atoms with Gasteiger partial charge in [0.25, 0.3) is 0 Å². The molecule has 0 aliphatic heterocycles. The van der Waals surface area contributed by atoms with E-state index in [-0.39, 0.29) is 6.07 Å². The van der Waals surface area contributed by atoms with Crippen LogP contribution in [-0.4, -0.2) is 0 Å². The lowest BCUT2D eigenvalue weighted by molar-refractivity contribution is 0.360. The Morgan fingerprint density at radius 1 is 0.500 bits per heavy atom. The molecular weight excluding hydrogens is 347 g/mol. The molecule has 0 heterocycles. The minimum absolute atomic E-state index is 0.0243. The number of hydrogen-bond acceptors (Lipinski definition) is 1. The lowest BCUT2D eigenvalue weighted by Crippen LogP contribution is -2.04. The van der Waals surface area contributed by atoms with Gasteiger partial charge in [0.1, 0.15) is 0 Å². The average molecular weight is 348 g/mol. The van der Waals surface area contributed by atoms with Gasteiger partial charge in [-0.1, -0.05) is 11.8 Å². The second-order valence-electron chi connectivity index (χ2n) is 3.80. The van der Waals surface area contributed by atoms with Crippen molar-refractivity contribution in [3.63, 3.8) is 0 Å². The van der Waals surface area contributed by atoms with Crippen molar-refractivity contribution >= 4 is 11.8 Å². The molecule has 0 amide bonds. The van der Waals surface area contributed by atoms with Crippen LogP contribution in [-0.2, 0) is 0 Å². The summed E-state index contributed by atoms with van der Waals surface area (Å²) < 4.78 is 118. The van der Waals surface area contributed by atoms with E-state index in [1.165, 1.54) is 0 Å². The van der Waals surface area contributed by atoms with Crippen molar-refractivity contribution in [2.45, 2.75) is 9.79 Å². The van der Waals surface area contributed by atoms with Crippen LogP contribution in [0.1, 0.15) is 0 Å². The summed E-state index contributed by atoms with van der Waals surface area (Å²) in [5.41, 5.74) is 0. The lowest BCUT2D eigenvalue weighted by atomic mass is 10.3. The first-order chi connectivity index (χ1) is 10.2. The summed E-state index contributed by atoms with van der Waals surface area (Å²) in [7, 11) is 0. The Labute approximate surface area is 120 Å². The zero-order valence-corrected chi connectivity index (χ0v) is 10.7. The molecule has 118 valence electrons. The molecule has 2 aromatic carbocycles. The Balaban J connectivity index is 2.63. The van der Waals surface area contributed by atoms with Crippen LogP contribution in [0.15, 0.2) is 15.9 Å². The number of benzene rings is 2. The van der Waals surface area contributed by atoms with E-state index in [2.05, 4.69) is 0 Å². The fourth-order valence-corrected chi connectivity index (χ4v) is 2.33. The second kappa shape index (κ2) is 5.75. The molecule has 0 fully saturated rings. The molecule has 0 bridgehead atoms. The fraction of sp³-hybridized carbons (Fsp3) is 0. The molecule has 0 unspecified atom stereocenters. The van der Waals surface area contributed by atoms with Crippen LogP contribution in [0.25, 0.3) is 0 Å². The van der Waals surface area contributed by atoms with Crippen LogP contribution in [0.5, 0.6) is 0 Å². The molecule has 0 aliphatic carbocycles. The second-order valence-corrected chi connectivity index (χ2v) is 4.85. The van der Waals surface area contributed by atoms with E-state index in [0.29, 0.717) is 0 Å². The first kappa shape index (κ1) is 16.5. The maximum Gasteiger partial charge on any atom is 0.200 e. The monoisotopic (exact) mass is 348 g/mol. The van der Waals surface area contributed by atoms with Crippen molar-refractivity contribution < 1.29 is 39.5 Å². The van der Waals surface area contributed by atoms with E-state index in [4.69, 9.17) is 0 Å². The molecule has 22 heavy (non-hydrogen) atoms. The third kappa shape index (κ3) is 2.51. The molecule has 0 aliphatic rings. The summed E-state index contributed by atoms with van der Waals surface area (Å²) in [6.45, 7) is 0. The fourth-order valence-electron chi connectivity index (χ4n) is 1.41. The molecule has 0 saturated carbocycles. The zero-order chi connectivity index (χ0) is 16.8. The molecule has 0 aromatic heterocycles. The smallest absolute Gasteiger partial charge is 0.200 e. The third-order valence-electron chi connectivity index (χ3n) is 2.45. The Bertz CT molecular complexity index is 743. The van der Waals surface area contributed by atoms with Crippen molar-refractivity contribution in [2.24, 2.45) is 0 Å². The van der Waals surface area contributed by atoms with Gasteiger partial charge >= 0.3 is 0 Å². The highest BCUT2D eigenvalue weighted by Gasteiger charge is 2.28. The topological polar surface area (TPSA) is 0 Å². The average Bonchev–Trinajstić information content (AvgIpc) is 2.50. The van der Waals surface area contributed by atoms with Gasteiger partial charge in [0, 0.05) is 0 Å².